The van der Waals surface area contributed by atoms with Gasteiger partial charge < -0.3 is 31.1 Å². The molecule has 3 atom stereocenters. The molecular formula is C64H63ClN4O7S2. The Labute approximate surface area is 470 Å². The van der Waals surface area contributed by atoms with E-state index in [1.54, 1.807) is 42.1 Å². The average molecular weight is 1100 g/mol. The van der Waals surface area contributed by atoms with E-state index in [2.05, 4.69) is 57.7 Å². The fourth-order valence-electron chi connectivity index (χ4n) is 9.60. The molecule has 1 saturated carbocycles. The Morgan fingerprint density at radius 1 is 0.615 bits per heavy atom. The number of nitrogens with one attached hydrogen (secondary N) is 4. The van der Waals surface area contributed by atoms with Gasteiger partial charge in [-0.2, -0.15) is 0 Å². The van der Waals surface area contributed by atoms with Gasteiger partial charge in [-0.3, -0.25) is 24.0 Å². The van der Waals surface area contributed by atoms with Gasteiger partial charge in [-0.05, 0) is 76.1 Å². The average Bonchev–Trinajstić information content (AvgIpc) is 4.39. The minimum Gasteiger partial charge on any atom is -0.468 e. The molecule has 1 aliphatic carbocycles. The predicted molar refractivity (Wildman–Crippen MR) is 312 cm³/mol. The van der Waals surface area contributed by atoms with Gasteiger partial charge in [0, 0.05) is 17.2 Å². The molecule has 78 heavy (non-hydrogen) atoms. The highest BCUT2D eigenvalue weighted by molar-refractivity contribution is 8.00. The minimum absolute atomic E-state index is 0.00108. The Bertz CT molecular complexity index is 2920. The van der Waals surface area contributed by atoms with E-state index in [0.29, 0.717) is 35.6 Å². The van der Waals surface area contributed by atoms with Crippen molar-refractivity contribution in [1.29, 1.82) is 0 Å². The van der Waals surface area contributed by atoms with E-state index < -0.39 is 62.8 Å². The first kappa shape index (κ1) is 56.8. The number of aliphatic hydroxyl groups is 1. The standard InChI is InChI=1S/C64H63ClN4O7S2/c1-76-58(72)44-66-61(75)62(38-39-62)69-60(74)56(45-78-64(50-30-14-5-15-31-50,51-32-16-6-17-33-51)52-34-18-7-19-35-52)68-59(73)55(42-46-23-22-36-53(65)41-46)67-57(71)43-54(70)37-20-21-40-77-63(47-24-8-2-9-25-47,48-26-10-3-11-27-48)49-28-12-4-13-29-49/h2-20,22-37,41,54-56,70H,21,38-40,42-45H2,1H3,(H,66,75)(H,67,71)(H,68,73)(H,69,74)/b37-20+/t54-,55-,56-/m1/s1. The van der Waals surface area contributed by atoms with Crippen molar-refractivity contribution < 1.29 is 33.8 Å². The van der Waals surface area contributed by atoms with Gasteiger partial charge in [0.1, 0.15) is 24.2 Å². The zero-order chi connectivity index (χ0) is 54.8. The third-order valence-electron chi connectivity index (χ3n) is 13.7. The lowest BCUT2D eigenvalue weighted by Gasteiger charge is -2.37. The van der Waals surface area contributed by atoms with Crippen molar-refractivity contribution in [2.75, 3.05) is 25.2 Å². The molecule has 400 valence electrons. The summed E-state index contributed by atoms with van der Waals surface area (Å²) in [5.41, 5.74) is 5.52. The number of rotatable bonds is 26. The molecule has 0 aromatic heterocycles. The second-order valence-electron chi connectivity index (χ2n) is 19.1. The van der Waals surface area contributed by atoms with Crippen LogP contribution in [0.4, 0.5) is 0 Å². The van der Waals surface area contributed by atoms with Crippen molar-refractivity contribution in [1.82, 2.24) is 21.3 Å². The van der Waals surface area contributed by atoms with E-state index in [-0.39, 0.29) is 25.1 Å². The van der Waals surface area contributed by atoms with Crippen LogP contribution in [0.5, 0.6) is 0 Å². The maximum absolute atomic E-state index is 14.9. The van der Waals surface area contributed by atoms with Crippen LogP contribution in [0.25, 0.3) is 0 Å². The van der Waals surface area contributed by atoms with Crippen LogP contribution in [0, 0.1) is 0 Å². The second kappa shape index (κ2) is 27.3. The lowest BCUT2D eigenvalue weighted by molar-refractivity contribution is -0.141. The highest BCUT2D eigenvalue weighted by atomic mass is 35.5. The van der Waals surface area contributed by atoms with Crippen molar-refractivity contribution in [2.45, 2.75) is 65.3 Å². The van der Waals surface area contributed by atoms with Gasteiger partial charge in [0.2, 0.25) is 23.6 Å². The zero-order valence-electron chi connectivity index (χ0n) is 43.3. The summed E-state index contributed by atoms with van der Waals surface area (Å²) in [7, 11) is 1.22. The monoisotopic (exact) mass is 1100 g/mol. The molecule has 0 aliphatic heterocycles. The molecule has 7 aromatic carbocycles. The number of carbonyl (C=O) groups excluding carboxylic acids is 5. The van der Waals surface area contributed by atoms with Gasteiger partial charge in [0.05, 0.1) is 29.1 Å². The van der Waals surface area contributed by atoms with Gasteiger partial charge in [0.25, 0.3) is 0 Å². The molecule has 0 radical (unpaired) electrons. The summed E-state index contributed by atoms with van der Waals surface area (Å²) in [6.07, 6.45) is 3.15. The van der Waals surface area contributed by atoms with Crippen LogP contribution in [0.2, 0.25) is 5.02 Å². The lowest BCUT2D eigenvalue weighted by Crippen LogP contribution is -2.59. The predicted octanol–water partition coefficient (Wildman–Crippen LogP) is 9.94. The molecule has 0 heterocycles. The molecule has 8 rings (SSSR count). The van der Waals surface area contributed by atoms with Crippen LogP contribution in [0.3, 0.4) is 0 Å². The molecule has 11 nitrogen and oxygen atoms in total. The molecule has 1 aliphatic rings. The second-order valence-corrected chi connectivity index (χ2v) is 22.0. The fraction of sp³-hybridized carbons (Fsp3) is 0.234. The van der Waals surface area contributed by atoms with E-state index in [1.807, 2.05) is 152 Å². The third-order valence-corrected chi connectivity index (χ3v) is 17.1. The summed E-state index contributed by atoms with van der Waals surface area (Å²) in [5.74, 6) is -2.41. The smallest absolute Gasteiger partial charge is 0.325 e. The van der Waals surface area contributed by atoms with Crippen LogP contribution < -0.4 is 21.3 Å². The van der Waals surface area contributed by atoms with Crippen molar-refractivity contribution in [3.05, 3.63) is 262 Å². The van der Waals surface area contributed by atoms with E-state index >= 15 is 0 Å². The normalized spacial score (nSPS) is 14.0. The quantitative estimate of drug-likeness (QED) is 0.0154. The summed E-state index contributed by atoms with van der Waals surface area (Å²) in [4.78, 5) is 69.2. The molecular weight excluding hydrogens is 1040 g/mol. The van der Waals surface area contributed by atoms with Crippen LogP contribution in [0.15, 0.2) is 218 Å². The van der Waals surface area contributed by atoms with Gasteiger partial charge in [-0.15, -0.1) is 23.5 Å². The highest BCUT2D eigenvalue weighted by Gasteiger charge is 2.52. The van der Waals surface area contributed by atoms with E-state index in [1.165, 1.54) is 18.9 Å². The molecule has 14 heteroatoms. The molecule has 0 bridgehead atoms. The van der Waals surface area contributed by atoms with Crippen LogP contribution in [-0.4, -0.2) is 83.6 Å². The van der Waals surface area contributed by atoms with Crippen molar-refractivity contribution in [2.24, 2.45) is 0 Å². The topological polar surface area (TPSA) is 163 Å². The molecule has 7 aromatic rings. The van der Waals surface area contributed by atoms with Gasteiger partial charge in [-0.1, -0.05) is 218 Å². The Morgan fingerprint density at radius 3 is 1.51 bits per heavy atom. The number of amides is 4. The first-order valence-corrected chi connectivity index (χ1v) is 28.3. The van der Waals surface area contributed by atoms with Gasteiger partial charge >= 0.3 is 5.97 Å². The Hall–Kier alpha value is -7.42. The zero-order valence-corrected chi connectivity index (χ0v) is 45.7. The number of allylic oxidation sites excluding steroid dienone is 1. The molecule has 0 unspecified atom stereocenters. The number of esters is 1. The molecule has 0 spiro atoms. The van der Waals surface area contributed by atoms with Crippen LogP contribution in [0.1, 0.15) is 64.6 Å². The Balaban J connectivity index is 1.02. The first-order chi connectivity index (χ1) is 38.0. The number of thioether (sulfide) groups is 2. The number of aliphatic hydroxyl groups excluding tert-OH is 1. The highest BCUT2D eigenvalue weighted by Crippen LogP contribution is 2.50. The lowest BCUT2D eigenvalue weighted by atomic mass is 9.84. The summed E-state index contributed by atoms with van der Waals surface area (Å²) in [6.45, 7) is -0.385. The SMILES string of the molecule is COC(=O)CNC(=O)C1(NC(=O)[C@@H](CSC(c2ccccc2)(c2ccccc2)c2ccccc2)NC(=O)[C@@H](Cc2cccc(Cl)c2)NC(=O)C[C@H](O)/C=C/CCSC(c2ccccc2)(c2ccccc2)c2ccccc2)CC1. The van der Waals surface area contributed by atoms with Crippen molar-refractivity contribution >= 4 is 64.7 Å². The number of ether oxygens (including phenoxy) is 1. The Kier molecular flexibility index (Phi) is 19.8. The number of methoxy groups -OCH3 is 1. The maximum Gasteiger partial charge on any atom is 0.325 e. The fourth-order valence-corrected chi connectivity index (χ4v) is 12.8. The summed E-state index contributed by atoms with van der Waals surface area (Å²) in [5, 5.41) is 23.0. The molecule has 1 fully saturated rings. The number of benzene rings is 7. The van der Waals surface area contributed by atoms with E-state index in [4.69, 9.17) is 16.3 Å². The van der Waals surface area contributed by atoms with Crippen molar-refractivity contribution in [3.8, 4) is 0 Å². The molecule has 5 N–H and O–H groups in total. The number of hydrogen-bond donors (Lipinski definition) is 5. The van der Waals surface area contributed by atoms with Gasteiger partial charge in [-0.25, -0.2) is 0 Å². The summed E-state index contributed by atoms with van der Waals surface area (Å²) in [6, 6.07) is 65.4. The summed E-state index contributed by atoms with van der Waals surface area (Å²) < 4.78 is 3.31. The first-order valence-electron chi connectivity index (χ1n) is 25.9. The Morgan fingerprint density at radius 2 is 1.08 bits per heavy atom. The minimum atomic E-state index is -1.32. The number of carbonyl (C=O) groups is 5. The van der Waals surface area contributed by atoms with Gasteiger partial charge in [0.15, 0.2) is 0 Å². The van der Waals surface area contributed by atoms with Crippen LogP contribution in [-0.2, 0) is 44.6 Å². The largest absolute Gasteiger partial charge is 0.468 e. The van der Waals surface area contributed by atoms with Crippen LogP contribution >= 0.6 is 35.1 Å². The number of halogens is 1. The number of hydrogen-bond acceptors (Lipinski definition) is 9. The van der Waals surface area contributed by atoms with E-state index in [9.17, 15) is 29.1 Å². The maximum atomic E-state index is 14.9. The molecule has 0 saturated heterocycles. The summed E-state index contributed by atoms with van der Waals surface area (Å²) >= 11 is 9.67. The van der Waals surface area contributed by atoms with E-state index in [0.717, 1.165) is 33.4 Å². The third kappa shape index (κ3) is 14.2. The van der Waals surface area contributed by atoms with Crippen molar-refractivity contribution in [3.63, 3.8) is 0 Å². The molecule has 4 amide bonds.